The molecule has 0 spiro atoms. The van der Waals surface area contributed by atoms with E-state index >= 15 is 0 Å². The van der Waals surface area contributed by atoms with Gasteiger partial charge in [-0.3, -0.25) is 0 Å². The number of rotatable bonds is 6. The van der Waals surface area contributed by atoms with Gasteiger partial charge < -0.3 is 24.4 Å². The summed E-state index contributed by atoms with van der Waals surface area (Å²) in [5.74, 6) is 0.332. The molecule has 0 amide bonds. The molecule has 0 bridgehead atoms. The minimum Gasteiger partial charge on any atom is -0.504 e. The normalized spacial score (nSPS) is 10.1. The third-order valence-electron chi connectivity index (χ3n) is 2.68. The maximum Gasteiger partial charge on any atom is 0.511 e. The second kappa shape index (κ2) is 6.72. The standard InChI is InChI=1S/C13H18O6/c1-4-5-6-8-11(14)9(19-13(15)16)7-10(17-2)12(8)18-3/h7,14H,4-6H2,1-3H3,(H,15,16). The van der Waals surface area contributed by atoms with Crippen LogP contribution in [0.5, 0.6) is 23.0 Å². The summed E-state index contributed by atoms with van der Waals surface area (Å²) in [6, 6.07) is 1.29. The zero-order chi connectivity index (χ0) is 14.4. The van der Waals surface area contributed by atoms with E-state index in [0.29, 0.717) is 23.5 Å². The van der Waals surface area contributed by atoms with E-state index in [1.165, 1.54) is 20.3 Å². The molecule has 0 saturated carbocycles. The van der Waals surface area contributed by atoms with Crippen molar-refractivity contribution in [1.82, 2.24) is 0 Å². The summed E-state index contributed by atoms with van der Waals surface area (Å²) in [4.78, 5) is 10.6. The van der Waals surface area contributed by atoms with Gasteiger partial charge in [0.1, 0.15) is 0 Å². The van der Waals surface area contributed by atoms with E-state index in [4.69, 9.17) is 14.6 Å². The molecule has 1 rings (SSSR count). The molecular formula is C13H18O6. The van der Waals surface area contributed by atoms with Crippen molar-refractivity contribution in [2.75, 3.05) is 14.2 Å². The van der Waals surface area contributed by atoms with Gasteiger partial charge in [0.2, 0.25) is 0 Å². The number of hydrogen-bond acceptors (Lipinski definition) is 5. The third-order valence-corrected chi connectivity index (χ3v) is 2.68. The first kappa shape index (κ1) is 14.9. The summed E-state index contributed by atoms with van der Waals surface area (Å²) in [5, 5.41) is 18.7. The predicted octanol–water partition coefficient (Wildman–Crippen LogP) is 2.81. The van der Waals surface area contributed by atoms with Crippen molar-refractivity contribution in [2.45, 2.75) is 26.2 Å². The molecule has 106 valence electrons. The Balaban J connectivity index is 3.32. The number of carboxylic acid groups (broad SMARTS) is 1. The Morgan fingerprint density at radius 2 is 1.95 bits per heavy atom. The number of phenols is 1. The first-order valence-electron chi connectivity index (χ1n) is 5.92. The van der Waals surface area contributed by atoms with Gasteiger partial charge in [0.05, 0.1) is 14.2 Å². The van der Waals surface area contributed by atoms with Gasteiger partial charge in [-0.25, -0.2) is 4.79 Å². The van der Waals surface area contributed by atoms with Crippen molar-refractivity contribution in [1.29, 1.82) is 0 Å². The minimum absolute atomic E-state index is 0.156. The van der Waals surface area contributed by atoms with Gasteiger partial charge >= 0.3 is 6.16 Å². The highest BCUT2D eigenvalue weighted by Crippen LogP contribution is 2.44. The molecule has 0 aromatic heterocycles. The third kappa shape index (κ3) is 3.43. The number of phenolic OH excluding ortho intramolecular Hbond substituents is 1. The highest BCUT2D eigenvalue weighted by Gasteiger charge is 2.21. The average molecular weight is 270 g/mol. The molecule has 1 aromatic carbocycles. The van der Waals surface area contributed by atoms with Gasteiger partial charge in [-0.1, -0.05) is 13.3 Å². The van der Waals surface area contributed by atoms with Crippen molar-refractivity contribution in [2.24, 2.45) is 0 Å². The van der Waals surface area contributed by atoms with Crippen molar-refractivity contribution < 1.29 is 29.2 Å². The Kier molecular flexibility index (Phi) is 5.29. The molecule has 0 saturated heterocycles. The van der Waals surface area contributed by atoms with E-state index in [9.17, 15) is 9.90 Å². The Labute approximate surface area is 111 Å². The van der Waals surface area contributed by atoms with Crippen LogP contribution in [0.25, 0.3) is 0 Å². The predicted molar refractivity (Wildman–Crippen MR) is 68.5 cm³/mol. The van der Waals surface area contributed by atoms with Gasteiger partial charge in [-0.2, -0.15) is 0 Å². The van der Waals surface area contributed by atoms with E-state index in [1.807, 2.05) is 6.92 Å². The number of carbonyl (C=O) groups is 1. The van der Waals surface area contributed by atoms with Crippen LogP contribution in [0, 0.1) is 0 Å². The van der Waals surface area contributed by atoms with Crippen molar-refractivity contribution in [3.05, 3.63) is 11.6 Å². The van der Waals surface area contributed by atoms with E-state index in [-0.39, 0.29) is 11.5 Å². The molecule has 0 fully saturated rings. The van der Waals surface area contributed by atoms with Crippen LogP contribution in [0.2, 0.25) is 0 Å². The topological polar surface area (TPSA) is 85.2 Å². The summed E-state index contributed by atoms with van der Waals surface area (Å²) < 4.78 is 14.9. The summed E-state index contributed by atoms with van der Waals surface area (Å²) in [6.45, 7) is 2.01. The molecule has 0 aliphatic heterocycles. The monoisotopic (exact) mass is 270 g/mol. The number of ether oxygens (including phenoxy) is 3. The lowest BCUT2D eigenvalue weighted by Crippen LogP contribution is -2.05. The fourth-order valence-corrected chi connectivity index (χ4v) is 1.79. The molecule has 0 radical (unpaired) electrons. The molecule has 0 atom stereocenters. The van der Waals surface area contributed by atoms with E-state index in [0.717, 1.165) is 12.8 Å². The lowest BCUT2D eigenvalue weighted by atomic mass is 10.0. The maximum absolute atomic E-state index is 10.6. The van der Waals surface area contributed by atoms with Gasteiger partial charge in [-0.05, 0) is 12.8 Å². The van der Waals surface area contributed by atoms with E-state index in [1.54, 1.807) is 0 Å². The largest absolute Gasteiger partial charge is 0.511 e. The number of aromatic hydroxyl groups is 1. The molecule has 0 aliphatic rings. The second-order valence-corrected chi connectivity index (χ2v) is 3.91. The molecule has 6 nitrogen and oxygen atoms in total. The fourth-order valence-electron chi connectivity index (χ4n) is 1.79. The molecule has 6 heteroatoms. The van der Waals surface area contributed by atoms with E-state index < -0.39 is 6.16 Å². The maximum atomic E-state index is 10.6. The van der Waals surface area contributed by atoms with Crippen molar-refractivity contribution >= 4 is 6.16 Å². The molecule has 0 aliphatic carbocycles. The van der Waals surface area contributed by atoms with Crippen LogP contribution in [0.3, 0.4) is 0 Å². The Morgan fingerprint density at radius 3 is 2.42 bits per heavy atom. The van der Waals surface area contributed by atoms with Crippen molar-refractivity contribution in [3.8, 4) is 23.0 Å². The summed E-state index contributed by atoms with van der Waals surface area (Å²) >= 11 is 0. The number of benzene rings is 1. The smallest absolute Gasteiger partial charge is 0.504 e. The zero-order valence-electron chi connectivity index (χ0n) is 11.2. The van der Waals surface area contributed by atoms with Crippen LogP contribution >= 0.6 is 0 Å². The molecular weight excluding hydrogens is 252 g/mol. The molecule has 0 heterocycles. The average Bonchev–Trinajstić information content (AvgIpc) is 2.38. The zero-order valence-corrected chi connectivity index (χ0v) is 11.2. The first-order valence-corrected chi connectivity index (χ1v) is 5.92. The first-order chi connectivity index (χ1) is 9.04. The molecule has 19 heavy (non-hydrogen) atoms. The van der Waals surface area contributed by atoms with Crippen LogP contribution in [0.4, 0.5) is 4.79 Å². The van der Waals surface area contributed by atoms with Crippen LogP contribution in [-0.4, -0.2) is 30.6 Å². The van der Waals surface area contributed by atoms with Gasteiger partial charge in [0.25, 0.3) is 0 Å². The highest BCUT2D eigenvalue weighted by atomic mass is 16.7. The van der Waals surface area contributed by atoms with Crippen LogP contribution in [-0.2, 0) is 6.42 Å². The van der Waals surface area contributed by atoms with Crippen LogP contribution < -0.4 is 14.2 Å². The Hall–Kier alpha value is -2.11. The van der Waals surface area contributed by atoms with E-state index in [2.05, 4.69) is 4.74 Å². The van der Waals surface area contributed by atoms with Crippen LogP contribution in [0.1, 0.15) is 25.3 Å². The van der Waals surface area contributed by atoms with Gasteiger partial charge in [0.15, 0.2) is 23.0 Å². The van der Waals surface area contributed by atoms with Gasteiger partial charge in [-0.15, -0.1) is 0 Å². The molecule has 2 N–H and O–H groups in total. The number of hydrogen-bond donors (Lipinski definition) is 2. The Bertz CT molecular complexity index is 455. The molecule has 1 aromatic rings. The fraction of sp³-hybridized carbons (Fsp3) is 0.462. The Morgan fingerprint density at radius 1 is 1.26 bits per heavy atom. The SMILES string of the molecule is CCCCc1c(O)c(OC(=O)O)cc(OC)c1OC. The minimum atomic E-state index is -1.50. The number of unbranched alkanes of at least 4 members (excludes halogenated alkanes) is 1. The summed E-state index contributed by atoms with van der Waals surface area (Å²) in [6.07, 6.45) is 0.793. The van der Waals surface area contributed by atoms with Gasteiger partial charge in [0, 0.05) is 11.6 Å². The van der Waals surface area contributed by atoms with Crippen molar-refractivity contribution in [3.63, 3.8) is 0 Å². The summed E-state index contributed by atoms with van der Waals surface area (Å²) in [7, 11) is 2.90. The van der Waals surface area contributed by atoms with Crippen LogP contribution in [0.15, 0.2) is 6.07 Å². The lowest BCUT2D eigenvalue weighted by molar-refractivity contribution is 0.142. The quantitative estimate of drug-likeness (QED) is 0.610. The second-order valence-electron chi connectivity index (χ2n) is 3.91. The summed E-state index contributed by atoms with van der Waals surface area (Å²) in [5.41, 5.74) is 0.486. The number of methoxy groups -OCH3 is 2. The molecule has 0 unspecified atom stereocenters. The highest BCUT2D eigenvalue weighted by molar-refractivity contribution is 5.67. The lowest BCUT2D eigenvalue weighted by Gasteiger charge is -2.16.